The van der Waals surface area contributed by atoms with Gasteiger partial charge in [-0.3, -0.25) is 4.79 Å². The van der Waals surface area contributed by atoms with Crippen molar-refractivity contribution in [1.82, 2.24) is 0 Å². The summed E-state index contributed by atoms with van der Waals surface area (Å²) in [7, 11) is 0. The number of rotatable bonds is 3. The molecule has 1 aliphatic rings. The SMILES string of the molecule is CC(C)[C@@H]1COC(c2ccc(C=O)cc2)=N1. The van der Waals surface area contributed by atoms with Gasteiger partial charge >= 0.3 is 0 Å². The molecule has 1 atom stereocenters. The van der Waals surface area contributed by atoms with E-state index in [9.17, 15) is 4.79 Å². The molecule has 2 rings (SSSR count). The maximum Gasteiger partial charge on any atom is 0.216 e. The number of carbonyl (C=O) groups is 1. The average Bonchev–Trinajstić information content (AvgIpc) is 2.78. The van der Waals surface area contributed by atoms with Crippen LogP contribution in [0.1, 0.15) is 29.8 Å². The first-order valence-electron chi connectivity index (χ1n) is 5.47. The molecule has 1 aliphatic heterocycles. The highest BCUT2D eigenvalue weighted by molar-refractivity contribution is 5.95. The molecule has 0 spiro atoms. The molecule has 0 amide bonds. The molecule has 3 nitrogen and oxygen atoms in total. The molecule has 0 N–H and O–H groups in total. The van der Waals surface area contributed by atoms with Crippen molar-refractivity contribution in [2.24, 2.45) is 10.9 Å². The number of ether oxygens (including phenoxy) is 1. The molecule has 3 heteroatoms. The second kappa shape index (κ2) is 4.47. The summed E-state index contributed by atoms with van der Waals surface area (Å²) in [4.78, 5) is 15.0. The van der Waals surface area contributed by atoms with Crippen molar-refractivity contribution < 1.29 is 9.53 Å². The van der Waals surface area contributed by atoms with Gasteiger partial charge in [-0.05, 0) is 18.1 Å². The van der Waals surface area contributed by atoms with Gasteiger partial charge in [0.15, 0.2) is 0 Å². The molecule has 0 unspecified atom stereocenters. The molecular weight excluding hydrogens is 202 g/mol. The number of nitrogens with zero attached hydrogens (tertiary/aromatic N) is 1. The van der Waals surface area contributed by atoms with Crippen molar-refractivity contribution in [3.8, 4) is 0 Å². The van der Waals surface area contributed by atoms with Crippen LogP contribution in [-0.2, 0) is 4.74 Å². The lowest BCUT2D eigenvalue weighted by atomic mass is 10.1. The van der Waals surface area contributed by atoms with Crippen molar-refractivity contribution in [3.63, 3.8) is 0 Å². The summed E-state index contributed by atoms with van der Waals surface area (Å²) in [5.74, 6) is 1.18. The molecule has 0 aliphatic carbocycles. The predicted molar refractivity (Wildman–Crippen MR) is 62.9 cm³/mol. The Balaban J connectivity index is 2.19. The lowest BCUT2D eigenvalue weighted by Gasteiger charge is -2.06. The van der Waals surface area contributed by atoms with Crippen molar-refractivity contribution in [2.45, 2.75) is 19.9 Å². The van der Waals surface area contributed by atoms with E-state index >= 15 is 0 Å². The van der Waals surface area contributed by atoms with E-state index in [0.29, 0.717) is 24.0 Å². The molecule has 0 aromatic heterocycles. The molecule has 1 aromatic rings. The topological polar surface area (TPSA) is 38.7 Å². The first kappa shape index (κ1) is 10.9. The molecule has 0 radical (unpaired) electrons. The number of carbonyl (C=O) groups excluding carboxylic acids is 1. The third-order valence-electron chi connectivity index (χ3n) is 2.74. The van der Waals surface area contributed by atoms with Gasteiger partial charge in [0.05, 0.1) is 6.04 Å². The van der Waals surface area contributed by atoms with Crippen LogP contribution in [0.4, 0.5) is 0 Å². The summed E-state index contributed by atoms with van der Waals surface area (Å²) >= 11 is 0. The van der Waals surface area contributed by atoms with E-state index in [0.717, 1.165) is 11.8 Å². The number of aldehydes is 1. The lowest BCUT2D eigenvalue weighted by molar-refractivity contribution is 0.112. The molecule has 0 saturated carbocycles. The smallest absolute Gasteiger partial charge is 0.216 e. The summed E-state index contributed by atoms with van der Waals surface area (Å²) in [5.41, 5.74) is 1.61. The summed E-state index contributed by atoms with van der Waals surface area (Å²) in [6, 6.07) is 7.53. The highest BCUT2D eigenvalue weighted by atomic mass is 16.5. The van der Waals surface area contributed by atoms with E-state index in [1.165, 1.54) is 0 Å². The van der Waals surface area contributed by atoms with Crippen molar-refractivity contribution in [2.75, 3.05) is 6.61 Å². The van der Waals surface area contributed by atoms with Crippen LogP contribution in [0.2, 0.25) is 0 Å². The highest BCUT2D eigenvalue weighted by Gasteiger charge is 2.22. The van der Waals surface area contributed by atoms with Gasteiger partial charge in [-0.1, -0.05) is 26.0 Å². The number of benzene rings is 1. The van der Waals surface area contributed by atoms with Gasteiger partial charge < -0.3 is 4.74 Å². The minimum absolute atomic E-state index is 0.251. The third-order valence-corrected chi connectivity index (χ3v) is 2.74. The summed E-state index contributed by atoms with van der Waals surface area (Å²) < 4.78 is 5.55. The molecule has 1 heterocycles. The van der Waals surface area contributed by atoms with Gasteiger partial charge in [0.25, 0.3) is 0 Å². The third kappa shape index (κ3) is 2.13. The van der Waals surface area contributed by atoms with Gasteiger partial charge in [0, 0.05) is 11.1 Å². The van der Waals surface area contributed by atoms with Gasteiger partial charge in [-0.15, -0.1) is 0 Å². The van der Waals surface area contributed by atoms with Crippen LogP contribution in [0.3, 0.4) is 0 Å². The zero-order chi connectivity index (χ0) is 11.5. The normalized spacial score (nSPS) is 19.4. The number of aliphatic imine (C=N–C) groups is 1. The summed E-state index contributed by atoms with van der Waals surface area (Å²) in [5, 5.41) is 0. The lowest BCUT2D eigenvalue weighted by Crippen LogP contribution is -2.13. The van der Waals surface area contributed by atoms with Crippen LogP contribution in [0.15, 0.2) is 29.3 Å². The van der Waals surface area contributed by atoms with E-state index in [1.807, 2.05) is 12.1 Å². The van der Waals surface area contributed by atoms with E-state index in [2.05, 4.69) is 18.8 Å². The van der Waals surface area contributed by atoms with Crippen LogP contribution in [-0.4, -0.2) is 24.8 Å². The van der Waals surface area contributed by atoms with Crippen molar-refractivity contribution in [3.05, 3.63) is 35.4 Å². The molecule has 1 aromatic carbocycles. The van der Waals surface area contributed by atoms with Crippen LogP contribution in [0, 0.1) is 5.92 Å². The minimum Gasteiger partial charge on any atom is -0.475 e. The fourth-order valence-electron chi connectivity index (χ4n) is 1.59. The largest absolute Gasteiger partial charge is 0.475 e. The van der Waals surface area contributed by atoms with E-state index in [-0.39, 0.29) is 6.04 Å². The fourth-order valence-corrected chi connectivity index (χ4v) is 1.59. The summed E-state index contributed by atoms with van der Waals surface area (Å²) in [6.45, 7) is 4.92. The Hall–Kier alpha value is -1.64. The van der Waals surface area contributed by atoms with Crippen LogP contribution >= 0.6 is 0 Å². The van der Waals surface area contributed by atoms with Crippen LogP contribution in [0.5, 0.6) is 0 Å². The first-order valence-corrected chi connectivity index (χ1v) is 5.47. The van der Waals surface area contributed by atoms with Crippen molar-refractivity contribution in [1.29, 1.82) is 0 Å². The van der Waals surface area contributed by atoms with Gasteiger partial charge in [0.1, 0.15) is 12.9 Å². The van der Waals surface area contributed by atoms with Crippen LogP contribution < -0.4 is 0 Å². The van der Waals surface area contributed by atoms with Crippen LogP contribution in [0.25, 0.3) is 0 Å². The fraction of sp³-hybridized carbons (Fsp3) is 0.385. The zero-order valence-corrected chi connectivity index (χ0v) is 9.51. The Labute approximate surface area is 95.2 Å². The second-order valence-electron chi connectivity index (χ2n) is 4.30. The molecule has 16 heavy (non-hydrogen) atoms. The Morgan fingerprint density at radius 2 is 2.06 bits per heavy atom. The first-order chi connectivity index (χ1) is 7.70. The van der Waals surface area contributed by atoms with Gasteiger partial charge in [-0.25, -0.2) is 4.99 Å². The maximum atomic E-state index is 10.5. The molecule has 0 saturated heterocycles. The Kier molecular flexibility index (Phi) is 3.04. The Morgan fingerprint density at radius 1 is 1.38 bits per heavy atom. The average molecular weight is 217 g/mol. The highest BCUT2D eigenvalue weighted by Crippen LogP contribution is 2.17. The number of hydrogen-bond donors (Lipinski definition) is 0. The zero-order valence-electron chi connectivity index (χ0n) is 9.51. The van der Waals surface area contributed by atoms with Gasteiger partial charge in [-0.2, -0.15) is 0 Å². The second-order valence-corrected chi connectivity index (χ2v) is 4.30. The quantitative estimate of drug-likeness (QED) is 0.729. The number of hydrogen-bond acceptors (Lipinski definition) is 3. The molecular formula is C13H15NO2. The van der Waals surface area contributed by atoms with Crippen molar-refractivity contribution >= 4 is 12.2 Å². The van der Waals surface area contributed by atoms with E-state index in [4.69, 9.17) is 4.74 Å². The molecule has 0 bridgehead atoms. The predicted octanol–water partition coefficient (Wildman–Crippen LogP) is 2.30. The van der Waals surface area contributed by atoms with Gasteiger partial charge in [0.2, 0.25) is 5.90 Å². The standard InChI is InChI=1S/C13H15NO2/c1-9(2)12-8-16-13(14-12)11-5-3-10(7-15)4-6-11/h3-7,9,12H,8H2,1-2H3/t12-/m0/s1. The monoisotopic (exact) mass is 217 g/mol. The molecule has 0 fully saturated rings. The van der Waals surface area contributed by atoms with E-state index in [1.54, 1.807) is 12.1 Å². The van der Waals surface area contributed by atoms with E-state index < -0.39 is 0 Å². The maximum absolute atomic E-state index is 10.5. The summed E-state index contributed by atoms with van der Waals surface area (Å²) in [6.07, 6.45) is 0.831. The molecule has 84 valence electrons. The minimum atomic E-state index is 0.251. The Morgan fingerprint density at radius 3 is 2.56 bits per heavy atom. The Bertz CT molecular complexity index is 406.